The number of hydrogen-bond acceptors (Lipinski definition) is 3. The highest BCUT2D eigenvalue weighted by Crippen LogP contribution is 2.24. The third kappa shape index (κ3) is 3.58. The van der Waals surface area contributed by atoms with Crippen molar-refractivity contribution in [2.24, 2.45) is 0 Å². The minimum absolute atomic E-state index is 0.400. The highest BCUT2D eigenvalue weighted by atomic mass is 79.9. The third-order valence-electron chi connectivity index (χ3n) is 3.69. The highest BCUT2D eigenvalue weighted by Gasteiger charge is 2.22. The minimum atomic E-state index is 0.400. The molecule has 0 aromatic carbocycles. The molecule has 1 saturated heterocycles. The molecule has 1 aliphatic rings. The lowest BCUT2D eigenvalue weighted by Gasteiger charge is -2.32. The first-order valence-corrected chi connectivity index (χ1v) is 8.00. The lowest BCUT2D eigenvalue weighted by atomic mass is 10.1. The van der Waals surface area contributed by atoms with Crippen LogP contribution in [0.5, 0.6) is 0 Å². The molecule has 1 aromatic rings. The van der Waals surface area contributed by atoms with E-state index in [-0.39, 0.29) is 0 Å². The molecule has 5 heteroatoms. The second-order valence-corrected chi connectivity index (χ2v) is 5.91. The van der Waals surface area contributed by atoms with Crippen LogP contribution in [0, 0.1) is 6.92 Å². The average Bonchev–Trinajstić information content (AvgIpc) is 2.67. The summed E-state index contributed by atoms with van der Waals surface area (Å²) >= 11 is 3.67. The van der Waals surface area contributed by atoms with Gasteiger partial charge in [-0.2, -0.15) is 5.10 Å². The summed E-state index contributed by atoms with van der Waals surface area (Å²) in [7, 11) is 0. The molecule has 1 atom stereocenters. The second kappa shape index (κ2) is 6.86. The van der Waals surface area contributed by atoms with Gasteiger partial charge in [0.25, 0.3) is 0 Å². The molecule has 1 aromatic heterocycles. The topological polar surface area (TPSA) is 30.3 Å². The van der Waals surface area contributed by atoms with E-state index in [0.29, 0.717) is 6.10 Å². The van der Waals surface area contributed by atoms with Gasteiger partial charge in [-0.3, -0.25) is 9.58 Å². The predicted molar refractivity (Wildman–Crippen MR) is 80.3 cm³/mol. The Kier molecular flexibility index (Phi) is 5.42. The Morgan fingerprint density at radius 3 is 2.89 bits per heavy atom. The number of piperidine rings is 1. The number of aromatic nitrogens is 2. The van der Waals surface area contributed by atoms with Crippen LogP contribution in [0.25, 0.3) is 0 Å². The molecule has 1 aliphatic heterocycles. The van der Waals surface area contributed by atoms with E-state index in [9.17, 15) is 0 Å². The Morgan fingerprint density at radius 1 is 1.42 bits per heavy atom. The molecule has 0 aliphatic carbocycles. The van der Waals surface area contributed by atoms with Gasteiger partial charge < -0.3 is 4.74 Å². The van der Waals surface area contributed by atoms with Crippen molar-refractivity contribution in [1.29, 1.82) is 0 Å². The normalized spacial score (nSPS) is 20.9. The first kappa shape index (κ1) is 15.0. The van der Waals surface area contributed by atoms with Gasteiger partial charge in [-0.15, -0.1) is 0 Å². The second-order valence-electron chi connectivity index (χ2n) is 5.12. The zero-order valence-electron chi connectivity index (χ0n) is 12.2. The van der Waals surface area contributed by atoms with Crippen molar-refractivity contribution in [3.63, 3.8) is 0 Å². The third-order valence-corrected chi connectivity index (χ3v) is 4.72. The Bertz CT molecular complexity index is 417. The van der Waals surface area contributed by atoms with E-state index in [1.807, 2.05) is 0 Å². The van der Waals surface area contributed by atoms with E-state index in [2.05, 4.69) is 51.4 Å². The summed E-state index contributed by atoms with van der Waals surface area (Å²) in [5.74, 6) is 0. The van der Waals surface area contributed by atoms with Crippen molar-refractivity contribution in [1.82, 2.24) is 14.7 Å². The maximum atomic E-state index is 5.77. The van der Waals surface area contributed by atoms with Crippen LogP contribution in [0.4, 0.5) is 0 Å². The van der Waals surface area contributed by atoms with Gasteiger partial charge in [0.1, 0.15) is 0 Å². The number of aryl methyl sites for hydroxylation is 2. The standard InChI is InChI=1S/C14H24BrN3O/c1-4-18-13(14(15)11(3)16-18)10-17-8-6-7-12(9-17)19-5-2/h12H,4-10H2,1-3H3. The molecule has 0 bridgehead atoms. The number of hydrogen-bond donors (Lipinski definition) is 0. The van der Waals surface area contributed by atoms with Gasteiger partial charge in [0.05, 0.1) is 22.0 Å². The molecule has 2 heterocycles. The molecule has 0 spiro atoms. The first-order valence-electron chi connectivity index (χ1n) is 7.21. The zero-order valence-corrected chi connectivity index (χ0v) is 13.7. The smallest absolute Gasteiger partial charge is 0.0739 e. The molecule has 0 saturated carbocycles. The van der Waals surface area contributed by atoms with Gasteiger partial charge in [-0.05, 0) is 56.1 Å². The van der Waals surface area contributed by atoms with Crippen LogP contribution in [0.2, 0.25) is 0 Å². The molecule has 4 nitrogen and oxygen atoms in total. The Labute approximate surface area is 124 Å². The van der Waals surface area contributed by atoms with Crippen molar-refractivity contribution in [3.8, 4) is 0 Å². The number of halogens is 1. The molecule has 1 fully saturated rings. The van der Waals surface area contributed by atoms with Crippen LogP contribution in [0.3, 0.4) is 0 Å². The van der Waals surface area contributed by atoms with E-state index in [1.165, 1.54) is 18.5 Å². The Hall–Kier alpha value is -0.390. The van der Waals surface area contributed by atoms with Crippen molar-refractivity contribution in [2.75, 3.05) is 19.7 Å². The SMILES string of the molecule is CCOC1CCCN(Cc2c(Br)c(C)nn2CC)C1. The fraction of sp³-hybridized carbons (Fsp3) is 0.786. The Balaban J connectivity index is 2.04. The number of rotatable bonds is 5. The first-order chi connectivity index (χ1) is 9.15. The number of nitrogens with zero attached hydrogens (tertiary/aromatic N) is 3. The van der Waals surface area contributed by atoms with Gasteiger partial charge in [-0.1, -0.05) is 0 Å². The van der Waals surface area contributed by atoms with Crippen LogP contribution in [-0.4, -0.2) is 40.5 Å². The maximum absolute atomic E-state index is 5.77. The van der Waals surface area contributed by atoms with E-state index in [0.717, 1.165) is 43.0 Å². The molecule has 0 N–H and O–H groups in total. The summed E-state index contributed by atoms with van der Waals surface area (Å²) < 4.78 is 9.03. The van der Waals surface area contributed by atoms with E-state index in [1.54, 1.807) is 0 Å². The lowest BCUT2D eigenvalue weighted by molar-refractivity contribution is 0.00292. The number of ether oxygens (including phenoxy) is 1. The van der Waals surface area contributed by atoms with Gasteiger partial charge in [0.15, 0.2) is 0 Å². The molecule has 0 amide bonds. The number of likely N-dealkylation sites (tertiary alicyclic amines) is 1. The molecule has 108 valence electrons. The van der Waals surface area contributed by atoms with Crippen molar-refractivity contribution in [3.05, 3.63) is 15.9 Å². The summed E-state index contributed by atoms with van der Waals surface area (Å²) in [5, 5.41) is 4.56. The molecular weight excluding hydrogens is 306 g/mol. The summed E-state index contributed by atoms with van der Waals surface area (Å²) in [5.41, 5.74) is 2.37. The van der Waals surface area contributed by atoms with Crippen molar-refractivity contribution >= 4 is 15.9 Å². The van der Waals surface area contributed by atoms with Crippen LogP contribution in [-0.2, 0) is 17.8 Å². The summed E-state index contributed by atoms with van der Waals surface area (Å²) in [6.45, 7) is 11.2. The van der Waals surface area contributed by atoms with Crippen molar-refractivity contribution < 1.29 is 4.74 Å². The van der Waals surface area contributed by atoms with Gasteiger partial charge in [-0.25, -0.2) is 0 Å². The monoisotopic (exact) mass is 329 g/mol. The molecule has 2 rings (SSSR count). The Morgan fingerprint density at radius 2 is 2.21 bits per heavy atom. The van der Waals surface area contributed by atoms with E-state index >= 15 is 0 Å². The molecule has 0 radical (unpaired) electrons. The predicted octanol–water partition coefficient (Wildman–Crippen LogP) is 2.97. The fourth-order valence-electron chi connectivity index (χ4n) is 2.76. The van der Waals surface area contributed by atoms with Gasteiger partial charge in [0.2, 0.25) is 0 Å². The minimum Gasteiger partial charge on any atom is -0.377 e. The quantitative estimate of drug-likeness (QED) is 0.831. The largest absolute Gasteiger partial charge is 0.377 e. The summed E-state index contributed by atoms with van der Waals surface area (Å²) in [6.07, 6.45) is 2.82. The van der Waals surface area contributed by atoms with Gasteiger partial charge in [0, 0.05) is 26.2 Å². The zero-order chi connectivity index (χ0) is 13.8. The van der Waals surface area contributed by atoms with E-state index < -0.39 is 0 Å². The fourth-order valence-corrected chi connectivity index (χ4v) is 3.17. The lowest BCUT2D eigenvalue weighted by Crippen LogP contribution is -2.39. The van der Waals surface area contributed by atoms with Gasteiger partial charge >= 0.3 is 0 Å². The highest BCUT2D eigenvalue weighted by molar-refractivity contribution is 9.10. The van der Waals surface area contributed by atoms with Crippen molar-refractivity contribution in [2.45, 2.75) is 52.8 Å². The summed E-state index contributed by atoms with van der Waals surface area (Å²) in [6, 6.07) is 0. The molecular formula is C14H24BrN3O. The maximum Gasteiger partial charge on any atom is 0.0739 e. The molecule has 1 unspecified atom stereocenters. The molecule has 19 heavy (non-hydrogen) atoms. The van der Waals surface area contributed by atoms with Crippen LogP contribution < -0.4 is 0 Å². The van der Waals surface area contributed by atoms with Crippen LogP contribution >= 0.6 is 15.9 Å². The van der Waals surface area contributed by atoms with Crippen LogP contribution in [0.1, 0.15) is 38.1 Å². The van der Waals surface area contributed by atoms with E-state index in [4.69, 9.17) is 4.74 Å². The average molecular weight is 330 g/mol. The van der Waals surface area contributed by atoms with Crippen LogP contribution in [0.15, 0.2) is 4.47 Å². The summed E-state index contributed by atoms with van der Waals surface area (Å²) in [4.78, 5) is 2.48.